The van der Waals surface area contributed by atoms with Gasteiger partial charge < -0.3 is 9.69 Å². The van der Waals surface area contributed by atoms with Gasteiger partial charge >= 0.3 is 0 Å². The zero-order valence-corrected chi connectivity index (χ0v) is 13.6. The van der Waals surface area contributed by atoms with Crippen molar-refractivity contribution in [3.63, 3.8) is 0 Å². The lowest BCUT2D eigenvalue weighted by Crippen LogP contribution is -2.48. The highest BCUT2D eigenvalue weighted by atomic mass is 32.1. The van der Waals surface area contributed by atoms with Crippen LogP contribution in [0.5, 0.6) is 0 Å². The number of thiol groups is 1. The lowest BCUT2D eigenvalue weighted by molar-refractivity contribution is -0.135. The minimum atomic E-state index is -1.01. The number of carbonyl (C=O) groups excluding carboxylic acids is 3. The first-order valence-corrected chi connectivity index (χ1v) is 8.21. The summed E-state index contributed by atoms with van der Waals surface area (Å²) in [7, 11) is 0. The van der Waals surface area contributed by atoms with E-state index in [2.05, 4.69) is 27.8 Å². The Hall–Kier alpha value is -1.89. The molecule has 0 unspecified atom stereocenters. The van der Waals surface area contributed by atoms with Gasteiger partial charge in [0, 0.05) is 31.6 Å². The monoisotopic (exact) mass is 333 g/mol. The van der Waals surface area contributed by atoms with E-state index in [1.54, 1.807) is 6.20 Å². The van der Waals surface area contributed by atoms with Gasteiger partial charge in [-0.05, 0) is 30.9 Å². The fourth-order valence-corrected chi connectivity index (χ4v) is 3.36. The average molecular weight is 333 g/mol. The molecule has 2 saturated heterocycles. The van der Waals surface area contributed by atoms with Gasteiger partial charge in [0.25, 0.3) is 0 Å². The van der Waals surface area contributed by atoms with Crippen LogP contribution in [0.3, 0.4) is 0 Å². The summed E-state index contributed by atoms with van der Waals surface area (Å²) in [6.45, 7) is 1.60. The van der Waals surface area contributed by atoms with Crippen LogP contribution in [0.15, 0.2) is 18.3 Å². The Labute approximate surface area is 140 Å². The van der Waals surface area contributed by atoms with Gasteiger partial charge in [-0.15, -0.1) is 0 Å². The van der Waals surface area contributed by atoms with Crippen LogP contribution in [0.4, 0.5) is 5.82 Å². The third kappa shape index (κ3) is 3.10. The number of piperidine rings is 2. The van der Waals surface area contributed by atoms with E-state index in [0.717, 1.165) is 38.0 Å². The van der Waals surface area contributed by atoms with E-state index < -0.39 is 10.7 Å². The van der Waals surface area contributed by atoms with Crippen LogP contribution in [-0.4, -0.2) is 36.2 Å². The third-order valence-electron chi connectivity index (χ3n) is 4.62. The van der Waals surface area contributed by atoms with Gasteiger partial charge in [0.2, 0.25) is 11.8 Å². The van der Waals surface area contributed by atoms with Crippen molar-refractivity contribution in [3.8, 4) is 0 Å². The topological polar surface area (TPSA) is 79.4 Å². The number of nitrogens with one attached hydrogen (secondary N) is 1. The van der Waals surface area contributed by atoms with Gasteiger partial charge in [-0.1, -0.05) is 6.07 Å². The number of rotatable bonds is 3. The molecule has 0 aliphatic carbocycles. The highest BCUT2D eigenvalue weighted by Crippen LogP contribution is 2.36. The van der Waals surface area contributed by atoms with Gasteiger partial charge in [-0.2, -0.15) is 12.6 Å². The summed E-state index contributed by atoms with van der Waals surface area (Å²) in [5.41, 5.74) is 0.692. The van der Waals surface area contributed by atoms with Crippen LogP contribution in [0.25, 0.3) is 0 Å². The van der Waals surface area contributed by atoms with E-state index in [1.807, 2.05) is 12.1 Å². The van der Waals surface area contributed by atoms with Gasteiger partial charge in [-0.25, -0.2) is 4.98 Å². The first kappa shape index (κ1) is 16.0. The average Bonchev–Trinajstić information content (AvgIpc) is 2.59. The zero-order valence-electron chi connectivity index (χ0n) is 12.7. The molecule has 1 N–H and O–H groups in total. The van der Waals surface area contributed by atoms with Crippen molar-refractivity contribution in [2.75, 3.05) is 18.0 Å². The van der Waals surface area contributed by atoms with Crippen LogP contribution in [0, 0.1) is 5.92 Å². The molecule has 2 aliphatic rings. The van der Waals surface area contributed by atoms with Gasteiger partial charge in [0.05, 0.1) is 0 Å². The largest absolute Gasteiger partial charge is 0.357 e. The molecule has 1 aromatic rings. The second-order valence-corrected chi connectivity index (χ2v) is 6.87. The normalized spacial score (nSPS) is 26.0. The number of hydrogen-bond donors (Lipinski definition) is 2. The van der Waals surface area contributed by atoms with E-state index in [4.69, 9.17) is 0 Å². The first-order chi connectivity index (χ1) is 11.0. The summed E-state index contributed by atoms with van der Waals surface area (Å²) in [5.74, 6) is 0.331. The highest BCUT2D eigenvalue weighted by molar-refractivity contribution is 7.82. The maximum absolute atomic E-state index is 12.1. The second kappa shape index (κ2) is 6.31. The number of amides is 2. The number of nitrogens with zero attached hydrogens (tertiary/aromatic N) is 2. The smallest absolute Gasteiger partial charge is 0.247 e. The molecule has 122 valence electrons. The van der Waals surface area contributed by atoms with Crippen LogP contribution < -0.4 is 10.2 Å². The van der Waals surface area contributed by atoms with E-state index in [9.17, 15) is 14.4 Å². The summed E-state index contributed by atoms with van der Waals surface area (Å²) in [5, 5.41) is 2.33. The van der Waals surface area contributed by atoms with Crippen LogP contribution in [0.2, 0.25) is 0 Å². The van der Waals surface area contributed by atoms with Crippen molar-refractivity contribution in [2.45, 2.75) is 30.4 Å². The molecule has 3 heterocycles. The van der Waals surface area contributed by atoms with Crippen molar-refractivity contribution >= 4 is 36.5 Å². The van der Waals surface area contributed by atoms with E-state index >= 15 is 0 Å². The van der Waals surface area contributed by atoms with Crippen molar-refractivity contribution in [1.29, 1.82) is 0 Å². The third-order valence-corrected chi connectivity index (χ3v) is 5.31. The van der Waals surface area contributed by atoms with E-state index in [1.165, 1.54) is 0 Å². The van der Waals surface area contributed by atoms with Crippen LogP contribution >= 0.6 is 12.6 Å². The quantitative estimate of drug-likeness (QED) is 0.491. The number of imide groups is 1. The molecule has 0 spiro atoms. The molecule has 6 nitrogen and oxygen atoms in total. The molecular weight excluding hydrogens is 314 g/mol. The lowest BCUT2D eigenvalue weighted by atomic mass is 9.90. The highest BCUT2D eigenvalue weighted by Gasteiger charge is 2.41. The molecular formula is C16H19N3O3S. The maximum Gasteiger partial charge on any atom is 0.247 e. The standard InChI is InChI=1S/C16H19N3O3S/c20-10-11-4-7-19(8-5-11)13-2-1-12(9-17-13)16(23)6-3-14(21)18-15(16)22/h1-2,9-11,23H,3-8H2,(H,18,21,22)/t16-/m0/s1. The van der Waals surface area contributed by atoms with Gasteiger partial charge in [-0.3, -0.25) is 14.9 Å². The first-order valence-electron chi connectivity index (χ1n) is 7.76. The Morgan fingerprint density at radius 1 is 1.30 bits per heavy atom. The number of aromatic nitrogens is 1. The van der Waals surface area contributed by atoms with E-state index in [0.29, 0.717) is 12.0 Å². The fraction of sp³-hybridized carbons (Fsp3) is 0.500. The maximum atomic E-state index is 12.1. The Bertz CT molecular complexity index is 626. The number of pyridine rings is 1. The Kier molecular flexibility index (Phi) is 4.39. The second-order valence-electron chi connectivity index (χ2n) is 6.10. The summed E-state index contributed by atoms with van der Waals surface area (Å²) in [6.07, 6.45) is 5.01. The number of hydrogen-bond acceptors (Lipinski definition) is 6. The Morgan fingerprint density at radius 2 is 2.04 bits per heavy atom. The molecule has 0 bridgehead atoms. The lowest BCUT2D eigenvalue weighted by Gasteiger charge is -2.32. The van der Waals surface area contributed by atoms with Crippen LogP contribution in [-0.2, 0) is 19.1 Å². The molecule has 23 heavy (non-hydrogen) atoms. The molecule has 1 aromatic heterocycles. The molecule has 0 aromatic carbocycles. The van der Waals surface area contributed by atoms with Crippen LogP contribution in [0.1, 0.15) is 31.2 Å². The zero-order chi connectivity index (χ0) is 16.4. The minimum Gasteiger partial charge on any atom is -0.357 e. The Morgan fingerprint density at radius 3 is 2.61 bits per heavy atom. The molecule has 2 amide bonds. The summed E-state index contributed by atoms with van der Waals surface area (Å²) < 4.78 is -1.01. The molecule has 2 fully saturated rings. The Balaban J connectivity index is 1.73. The SMILES string of the molecule is O=CC1CCN(c2ccc([C@@]3(S)CCC(=O)NC3=O)cn2)CC1. The fourth-order valence-electron chi connectivity index (χ4n) is 3.06. The number of carbonyl (C=O) groups is 3. The van der Waals surface area contributed by atoms with Crippen molar-refractivity contribution in [2.24, 2.45) is 5.92 Å². The molecule has 0 saturated carbocycles. The van der Waals surface area contributed by atoms with E-state index in [-0.39, 0.29) is 18.2 Å². The summed E-state index contributed by atoms with van der Waals surface area (Å²) >= 11 is 4.50. The van der Waals surface area contributed by atoms with Crippen molar-refractivity contribution in [1.82, 2.24) is 10.3 Å². The van der Waals surface area contributed by atoms with Gasteiger partial charge in [0.15, 0.2) is 0 Å². The minimum absolute atomic E-state index is 0.148. The predicted molar refractivity (Wildman–Crippen MR) is 88.3 cm³/mol. The summed E-state index contributed by atoms with van der Waals surface area (Å²) in [6, 6.07) is 3.72. The van der Waals surface area contributed by atoms with Crippen molar-refractivity contribution < 1.29 is 14.4 Å². The molecule has 7 heteroatoms. The number of anilines is 1. The van der Waals surface area contributed by atoms with Gasteiger partial charge in [0.1, 0.15) is 16.9 Å². The molecule has 0 radical (unpaired) electrons. The predicted octanol–water partition coefficient (Wildman–Crippen LogP) is 1.06. The molecule has 1 atom stereocenters. The molecule has 2 aliphatic heterocycles. The summed E-state index contributed by atoms with van der Waals surface area (Å²) in [4.78, 5) is 40.8. The van der Waals surface area contributed by atoms with Crippen molar-refractivity contribution in [3.05, 3.63) is 23.9 Å². The molecule has 3 rings (SSSR count). The number of aldehydes is 1.